The van der Waals surface area contributed by atoms with E-state index < -0.39 is 0 Å². The third kappa shape index (κ3) is 2.18. The fraction of sp³-hybridized carbons (Fsp3) is 0.143. The van der Waals surface area contributed by atoms with Crippen molar-refractivity contribution in [3.63, 3.8) is 0 Å². The molecule has 19 heavy (non-hydrogen) atoms. The highest BCUT2D eigenvalue weighted by atomic mass is 127. The van der Waals surface area contributed by atoms with Gasteiger partial charge < -0.3 is 10.3 Å². The maximum atomic E-state index is 6.08. The van der Waals surface area contributed by atoms with E-state index in [1.807, 2.05) is 18.2 Å². The molecule has 0 radical (unpaired) electrons. The third-order valence-electron chi connectivity index (χ3n) is 3.25. The van der Waals surface area contributed by atoms with Gasteiger partial charge in [0.2, 0.25) is 5.95 Å². The van der Waals surface area contributed by atoms with E-state index in [4.69, 9.17) is 5.73 Å². The highest BCUT2D eigenvalue weighted by molar-refractivity contribution is 14.1. The molecule has 3 aromatic rings. The van der Waals surface area contributed by atoms with E-state index >= 15 is 0 Å². The zero-order chi connectivity index (χ0) is 13.4. The maximum Gasteiger partial charge on any atom is 0.201 e. The fourth-order valence-electron chi connectivity index (χ4n) is 2.29. The predicted octanol–water partition coefficient (Wildman–Crippen LogP) is 3.23. The minimum absolute atomic E-state index is 0.132. The topological polar surface area (TPSA) is 56.7 Å². The van der Waals surface area contributed by atoms with Gasteiger partial charge in [0.1, 0.15) is 0 Å². The molecular weight excluding hydrogens is 351 g/mol. The van der Waals surface area contributed by atoms with Gasteiger partial charge in [-0.2, -0.15) is 0 Å². The number of nitrogens with two attached hydrogens (primary N) is 1. The van der Waals surface area contributed by atoms with Crippen LogP contribution in [0.1, 0.15) is 18.5 Å². The molecule has 2 heterocycles. The van der Waals surface area contributed by atoms with E-state index in [9.17, 15) is 0 Å². The molecule has 0 fully saturated rings. The highest BCUT2D eigenvalue weighted by Crippen LogP contribution is 2.27. The van der Waals surface area contributed by atoms with Crippen LogP contribution < -0.4 is 5.73 Å². The van der Waals surface area contributed by atoms with Gasteiger partial charge in [0, 0.05) is 16.0 Å². The Morgan fingerprint density at radius 3 is 2.68 bits per heavy atom. The molecule has 0 aliphatic heterocycles. The summed E-state index contributed by atoms with van der Waals surface area (Å²) in [4.78, 5) is 8.49. The van der Waals surface area contributed by atoms with Crippen molar-refractivity contribution in [2.75, 3.05) is 5.73 Å². The van der Waals surface area contributed by atoms with Crippen LogP contribution in [-0.4, -0.2) is 14.5 Å². The number of anilines is 1. The second kappa shape index (κ2) is 4.80. The lowest BCUT2D eigenvalue weighted by atomic mass is 10.1. The molecule has 4 nitrogen and oxygen atoms in total. The molecule has 0 bridgehead atoms. The van der Waals surface area contributed by atoms with Gasteiger partial charge in [0.05, 0.1) is 17.1 Å². The Labute approximate surface area is 124 Å². The first kappa shape index (κ1) is 12.4. The van der Waals surface area contributed by atoms with Crippen molar-refractivity contribution >= 4 is 39.6 Å². The van der Waals surface area contributed by atoms with Crippen LogP contribution >= 0.6 is 22.6 Å². The first-order chi connectivity index (χ1) is 9.16. The van der Waals surface area contributed by atoms with Gasteiger partial charge in [-0.25, -0.2) is 4.98 Å². The van der Waals surface area contributed by atoms with Gasteiger partial charge in [0.15, 0.2) is 0 Å². The first-order valence-corrected chi connectivity index (χ1v) is 7.07. The minimum Gasteiger partial charge on any atom is -0.369 e. The van der Waals surface area contributed by atoms with E-state index in [0.717, 1.165) is 14.6 Å². The number of benzene rings is 1. The molecule has 3 rings (SSSR count). The van der Waals surface area contributed by atoms with Crippen LogP contribution in [-0.2, 0) is 0 Å². The highest BCUT2D eigenvalue weighted by Gasteiger charge is 2.15. The molecule has 5 heteroatoms. The minimum atomic E-state index is 0.132. The molecule has 2 N–H and O–H groups in total. The summed E-state index contributed by atoms with van der Waals surface area (Å²) < 4.78 is 3.21. The fourth-order valence-corrected chi connectivity index (χ4v) is 2.76. The van der Waals surface area contributed by atoms with Crippen LogP contribution in [0, 0.1) is 3.57 Å². The maximum absolute atomic E-state index is 6.08. The van der Waals surface area contributed by atoms with Crippen LogP contribution in [0.25, 0.3) is 11.0 Å². The monoisotopic (exact) mass is 364 g/mol. The summed E-state index contributed by atoms with van der Waals surface area (Å²) >= 11 is 2.28. The van der Waals surface area contributed by atoms with E-state index in [-0.39, 0.29) is 6.04 Å². The largest absolute Gasteiger partial charge is 0.369 e. The Morgan fingerprint density at radius 1 is 1.21 bits per heavy atom. The summed E-state index contributed by atoms with van der Waals surface area (Å²) in [7, 11) is 0. The lowest BCUT2D eigenvalue weighted by molar-refractivity contribution is 0.667. The first-order valence-electron chi connectivity index (χ1n) is 5.99. The van der Waals surface area contributed by atoms with E-state index in [2.05, 4.69) is 56.2 Å². The number of imidazole rings is 1. The molecule has 0 saturated heterocycles. The quantitative estimate of drug-likeness (QED) is 0.711. The summed E-state index contributed by atoms with van der Waals surface area (Å²) in [5, 5.41) is 0. The van der Waals surface area contributed by atoms with Crippen LogP contribution in [0.15, 0.2) is 42.7 Å². The standard InChI is InChI=1S/C14H13IN4/c1-9(10-4-6-17-7-5-10)19-13-3-2-11(15)8-12(13)18-14(19)16/h2-9H,1H3,(H2,16,18). The van der Waals surface area contributed by atoms with Gasteiger partial charge in [-0.15, -0.1) is 0 Å². The number of nitrogens with zero attached hydrogens (tertiary/aromatic N) is 3. The number of aromatic nitrogens is 3. The number of halogens is 1. The summed E-state index contributed by atoms with van der Waals surface area (Å²) in [5.74, 6) is 0.543. The van der Waals surface area contributed by atoms with E-state index in [1.165, 1.54) is 5.56 Å². The van der Waals surface area contributed by atoms with Crippen LogP contribution in [0.2, 0.25) is 0 Å². The molecule has 1 atom stereocenters. The van der Waals surface area contributed by atoms with E-state index in [0.29, 0.717) is 5.95 Å². The molecule has 0 amide bonds. The number of hydrogen-bond acceptors (Lipinski definition) is 3. The van der Waals surface area contributed by atoms with Crippen molar-refractivity contribution < 1.29 is 0 Å². The number of fused-ring (bicyclic) bond motifs is 1. The number of nitrogen functional groups attached to an aromatic ring is 1. The van der Waals surface area contributed by atoms with Crippen LogP contribution in [0.3, 0.4) is 0 Å². The van der Waals surface area contributed by atoms with Crippen molar-refractivity contribution in [3.05, 3.63) is 51.9 Å². The van der Waals surface area contributed by atoms with E-state index in [1.54, 1.807) is 12.4 Å². The molecular formula is C14H13IN4. The molecule has 0 spiro atoms. The molecule has 0 aliphatic rings. The SMILES string of the molecule is CC(c1ccncc1)n1c(N)nc2cc(I)ccc21. The van der Waals surface area contributed by atoms with Crippen LogP contribution in [0.5, 0.6) is 0 Å². The average molecular weight is 364 g/mol. The zero-order valence-corrected chi connectivity index (χ0v) is 12.6. The molecule has 2 aromatic heterocycles. The Balaban J connectivity index is 2.17. The average Bonchev–Trinajstić information content (AvgIpc) is 2.74. The zero-order valence-electron chi connectivity index (χ0n) is 10.4. The van der Waals surface area contributed by atoms with Crippen molar-refractivity contribution in [1.82, 2.24) is 14.5 Å². The molecule has 1 aromatic carbocycles. The summed E-state index contributed by atoms with van der Waals surface area (Å²) in [6.07, 6.45) is 3.59. The van der Waals surface area contributed by atoms with Crippen molar-refractivity contribution in [2.45, 2.75) is 13.0 Å². The second-order valence-electron chi connectivity index (χ2n) is 4.43. The van der Waals surface area contributed by atoms with Gasteiger partial charge in [-0.1, -0.05) is 0 Å². The van der Waals surface area contributed by atoms with Crippen molar-refractivity contribution in [3.8, 4) is 0 Å². The summed E-state index contributed by atoms with van der Waals surface area (Å²) in [6, 6.07) is 10.3. The van der Waals surface area contributed by atoms with Gasteiger partial charge >= 0.3 is 0 Å². The smallest absolute Gasteiger partial charge is 0.201 e. The van der Waals surface area contributed by atoms with Crippen molar-refractivity contribution in [2.24, 2.45) is 0 Å². The van der Waals surface area contributed by atoms with Gasteiger partial charge in [-0.3, -0.25) is 4.98 Å². The van der Waals surface area contributed by atoms with Gasteiger partial charge in [-0.05, 0) is 65.4 Å². The second-order valence-corrected chi connectivity index (χ2v) is 5.68. The Kier molecular flexibility index (Phi) is 3.14. The Morgan fingerprint density at radius 2 is 1.95 bits per heavy atom. The number of hydrogen-bond donors (Lipinski definition) is 1. The molecule has 0 saturated carbocycles. The number of pyridine rings is 1. The Bertz CT molecular complexity index is 721. The van der Waals surface area contributed by atoms with Gasteiger partial charge in [0.25, 0.3) is 0 Å². The molecule has 0 aliphatic carbocycles. The predicted molar refractivity (Wildman–Crippen MR) is 84.9 cm³/mol. The summed E-state index contributed by atoms with van der Waals surface area (Å²) in [6.45, 7) is 2.12. The molecule has 96 valence electrons. The van der Waals surface area contributed by atoms with Crippen molar-refractivity contribution in [1.29, 1.82) is 0 Å². The third-order valence-corrected chi connectivity index (χ3v) is 3.93. The number of rotatable bonds is 2. The molecule has 1 unspecified atom stereocenters. The normalized spacial score (nSPS) is 12.7. The van der Waals surface area contributed by atoms with Crippen LogP contribution in [0.4, 0.5) is 5.95 Å². The lowest BCUT2D eigenvalue weighted by Crippen LogP contribution is -2.10. The summed E-state index contributed by atoms with van der Waals surface area (Å²) in [5.41, 5.74) is 9.23. The Hall–Kier alpha value is -1.63. The lowest BCUT2D eigenvalue weighted by Gasteiger charge is -2.16.